The monoisotopic (exact) mass is 1100 g/mol. The van der Waals surface area contributed by atoms with Gasteiger partial charge in [-0.3, -0.25) is 9.36 Å². The van der Waals surface area contributed by atoms with Crippen LogP contribution in [0.25, 0.3) is 0 Å². The molecule has 78 heavy (non-hydrogen) atoms. The molecule has 0 saturated heterocycles. The Hall–Kier alpha value is -3.10. The minimum Gasteiger partial charge on any atom is -0.756 e. The molecule has 448 valence electrons. The van der Waals surface area contributed by atoms with Gasteiger partial charge in [-0.05, 0) is 89.9 Å². The van der Waals surface area contributed by atoms with Gasteiger partial charge in [0.2, 0.25) is 5.91 Å². The number of hydrogen-bond acceptors (Lipinski definition) is 6. The maximum atomic E-state index is 13.0. The van der Waals surface area contributed by atoms with Gasteiger partial charge in [0.25, 0.3) is 7.82 Å². The van der Waals surface area contributed by atoms with Crippen LogP contribution in [0.3, 0.4) is 0 Å². The smallest absolute Gasteiger partial charge is 0.268 e. The largest absolute Gasteiger partial charge is 0.756 e. The fraction of sp³-hybridized carbons (Fsp3) is 0.696. The molecule has 0 aromatic rings. The van der Waals surface area contributed by atoms with Gasteiger partial charge in [-0.15, -0.1) is 0 Å². The molecule has 0 heterocycles. The summed E-state index contributed by atoms with van der Waals surface area (Å²) in [4.78, 5) is 25.6. The Bertz CT molecular complexity index is 1680. The van der Waals surface area contributed by atoms with Crippen molar-refractivity contribution in [2.24, 2.45) is 0 Å². The first-order valence-electron chi connectivity index (χ1n) is 31.9. The molecule has 0 spiro atoms. The normalized spacial score (nSPS) is 14.6. The van der Waals surface area contributed by atoms with Crippen LogP contribution in [-0.4, -0.2) is 68.5 Å². The molecule has 9 heteroatoms. The van der Waals surface area contributed by atoms with Crippen molar-refractivity contribution in [3.63, 3.8) is 0 Å². The number of phosphoric ester groups is 1. The number of aliphatic hydroxyl groups is 1. The minimum atomic E-state index is -4.62. The summed E-state index contributed by atoms with van der Waals surface area (Å²) in [5, 5.41) is 13.9. The molecular weight excluding hydrogens is 984 g/mol. The molecule has 0 aliphatic rings. The van der Waals surface area contributed by atoms with Crippen molar-refractivity contribution in [1.29, 1.82) is 0 Å². The molecule has 0 rings (SSSR count). The highest BCUT2D eigenvalue weighted by atomic mass is 31.2. The van der Waals surface area contributed by atoms with Crippen LogP contribution in [0.1, 0.15) is 258 Å². The number of nitrogens with zero attached hydrogens (tertiary/aromatic N) is 1. The lowest BCUT2D eigenvalue weighted by atomic mass is 10.0. The second-order valence-electron chi connectivity index (χ2n) is 22.4. The molecule has 0 saturated carbocycles. The highest BCUT2D eigenvalue weighted by Gasteiger charge is 2.23. The number of likely N-dealkylation sites (N-methyl/N-ethyl adjacent to an activating group) is 1. The van der Waals surface area contributed by atoms with Crippen molar-refractivity contribution in [3.8, 4) is 0 Å². The van der Waals surface area contributed by atoms with Gasteiger partial charge in [-0.2, -0.15) is 0 Å². The van der Waals surface area contributed by atoms with Crippen LogP contribution in [0.5, 0.6) is 0 Å². The fourth-order valence-corrected chi connectivity index (χ4v) is 9.46. The Balaban J connectivity index is 4.25. The predicted molar refractivity (Wildman–Crippen MR) is 339 cm³/mol. The molecule has 0 radical (unpaired) electrons. The first-order chi connectivity index (χ1) is 38.0. The van der Waals surface area contributed by atoms with Gasteiger partial charge < -0.3 is 28.8 Å². The molecule has 0 bridgehead atoms. The van der Waals surface area contributed by atoms with Crippen LogP contribution >= 0.6 is 7.82 Å². The van der Waals surface area contributed by atoms with Crippen molar-refractivity contribution >= 4 is 13.7 Å². The topological polar surface area (TPSA) is 108 Å². The van der Waals surface area contributed by atoms with Gasteiger partial charge in [0.1, 0.15) is 13.2 Å². The van der Waals surface area contributed by atoms with E-state index in [1.165, 1.54) is 122 Å². The Kier molecular flexibility index (Phi) is 56.2. The maximum absolute atomic E-state index is 13.0. The third-order valence-electron chi connectivity index (χ3n) is 13.7. The third kappa shape index (κ3) is 60.5. The van der Waals surface area contributed by atoms with Crippen molar-refractivity contribution in [2.45, 2.75) is 270 Å². The van der Waals surface area contributed by atoms with Gasteiger partial charge in [0.05, 0.1) is 39.9 Å². The highest BCUT2D eigenvalue weighted by Crippen LogP contribution is 2.38. The number of carbonyl (C=O) groups is 1. The molecule has 0 aliphatic carbocycles. The summed E-state index contributed by atoms with van der Waals surface area (Å²) in [6.45, 7) is 4.53. The summed E-state index contributed by atoms with van der Waals surface area (Å²) in [5.74, 6) is -0.219. The van der Waals surface area contributed by atoms with Crippen LogP contribution in [-0.2, 0) is 18.4 Å². The lowest BCUT2D eigenvalue weighted by Gasteiger charge is -2.29. The second kappa shape index (κ2) is 58.6. The Morgan fingerprint density at radius 1 is 0.462 bits per heavy atom. The number of nitrogens with one attached hydrogen (secondary N) is 1. The van der Waals surface area contributed by atoms with E-state index in [0.717, 1.165) is 116 Å². The van der Waals surface area contributed by atoms with Crippen LogP contribution in [0.4, 0.5) is 0 Å². The molecule has 0 aliphatic heterocycles. The maximum Gasteiger partial charge on any atom is 0.268 e. The fourth-order valence-electron chi connectivity index (χ4n) is 8.73. The Morgan fingerprint density at radius 2 is 0.782 bits per heavy atom. The Morgan fingerprint density at radius 3 is 1.14 bits per heavy atom. The van der Waals surface area contributed by atoms with E-state index in [4.69, 9.17) is 9.05 Å². The lowest BCUT2D eigenvalue weighted by Crippen LogP contribution is -2.45. The van der Waals surface area contributed by atoms with E-state index in [1.807, 2.05) is 27.2 Å². The van der Waals surface area contributed by atoms with Gasteiger partial charge in [0, 0.05) is 6.42 Å². The third-order valence-corrected chi connectivity index (χ3v) is 14.6. The summed E-state index contributed by atoms with van der Waals surface area (Å²) < 4.78 is 23.4. The van der Waals surface area contributed by atoms with Crippen LogP contribution in [0.2, 0.25) is 0 Å². The standard InChI is InChI=1S/C69H121N2O6P/c1-6-8-10-12-14-16-18-20-22-24-26-28-30-31-32-33-34-35-36-37-38-39-41-43-45-47-49-51-53-55-57-59-61-63-69(73)70-67(66-77-78(74,75)76-65-64-71(3,4)5)68(72)62-60-58-56-54-52-50-48-46-44-42-40-29-27-25-23-21-19-17-15-13-11-9-7-2/h8,10,14,16,20,22,26,28,31-32,34-35,37-38,41,43,47,49,60,62,67-68,72H,6-7,9,11-13,15,17-19,21,23-25,27,29-30,33,36,39-40,42,44-46,48,50-59,61,63-66H2,1-5H3,(H-,70,73,74,75)/b10-8-,16-14-,22-20-,28-26-,32-31-,35-34-,38-37-,43-41-,49-47-,62-60+. The van der Waals surface area contributed by atoms with Gasteiger partial charge in [-0.1, -0.05) is 283 Å². The van der Waals surface area contributed by atoms with E-state index >= 15 is 0 Å². The predicted octanol–water partition coefficient (Wildman–Crippen LogP) is 19.5. The first-order valence-corrected chi connectivity index (χ1v) is 33.4. The molecule has 0 aromatic heterocycles. The number of phosphoric acid groups is 1. The van der Waals surface area contributed by atoms with Crippen molar-refractivity contribution in [1.82, 2.24) is 5.32 Å². The van der Waals surface area contributed by atoms with E-state index in [-0.39, 0.29) is 12.5 Å². The zero-order valence-corrected chi connectivity index (χ0v) is 52.0. The van der Waals surface area contributed by atoms with Gasteiger partial charge in [0.15, 0.2) is 0 Å². The molecule has 2 N–H and O–H groups in total. The summed E-state index contributed by atoms with van der Waals surface area (Å²) in [6, 6.07) is -0.908. The Labute approximate surface area is 482 Å². The molecular formula is C69H121N2O6P. The average Bonchev–Trinajstić information content (AvgIpc) is 3.41. The van der Waals surface area contributed by atoms with Gasteiger partial charge in [-0.25, -0.2) is 0 Å². The van der Waals surface area contributed by atoms with E-state index in [9.17, 15) is 19.4 Å². The average molecular weight is 1110 g/mol. The SMILES string of the molecule is CC/C=C\C/C=C\C/C=C\C/C=C\C/C=C\C/C=C\C/C=C\C/C=C\C/C=C\CCCCCCCC(=O)NC(COP(=O)([O-])OCC[N+](C)(C)C)C(O)/C=C/CCCCCCCCCCCCCCCCCCCCCCC. The molecule has 0 fully saturated rings. The number of quaternary nitrogens is 1. The van der Waals surface area contributed by atoms with Crippen molar-refractivity contribution in [2.75, 3.05) is 40.9 Å². The number of hydrogen-bond donors (Lipinski definition) is 2. The lowest BCUT2D eigenvalue weighted by molar-refractivity contribution is -0.870. The number of rotatable bonds is 57. The quantitative estimate of drug-likeness (QED) is 0.0272. The van der Waals surface area contributed by atoms with Crippen LogP contribution < -0.4 is 10.2 Å². The van der Waals surface area contributed by atoms with Gasteiger partial charge >= 0.3 is 0 Å². The number of allylic oxidation sites excluding steroid dienone is 19. The van der Waals surface area contributed by atoms with Crippen molar-refractivity contribution < 1.29 is 32.9 Å². The zero-order chi connectivity index (χ0) is 57.0. The minimum absolute atomic E-state index is 0.0113. The molecule has 8 nitrogen and oxygen atoms in total. The number of carbonyl (C=O) groups excluding carboxylic acids is 1. The summed E-state index contributed by atoms with van der Waals surface area (Å²) >= 11 is 0. The number of unbranched alkanes of at least 4 members (excludes halogenated alkanes) is 26. The zero-order valence-electron chi connectivity index (χ0n) is 51.1. The van der Waals surface area contributed by atoms with E-state index < -0.39 is 26.6 Å². The second-order valence-corrected chi connectivity index (χ2v) is 23.8. The number of amides is 1. The molecule has 3 atom stereocenters. The molecule has 0 aromatic carbocycles. The van der Waals surface area contributed by atoms with E-state index in [0.29, 0.717) is 17.4 Å². The summed E-state index contributed by atoms with van der Waals surface area (Å²) in [5.41, 5.74) is 0. The van der Waals surface area contributed by atoms with Crippen molar-refractivity contribution in [3.05, 3.63) is 122 Å². The van der Waals surface area contributed by atoms with Crippen LogP contribution in [0, 0.1) is 0 Å². The van der Waals surface area contributed by atoms with Crippen LogP contribution in [0.15, 0.2) is 122 Å². The highest BCUT2D eigenvalue weighted by molar-refractivity contribution is 7.45. The summed E-state index contributed by atoms with van der Waals surface area (Å²) in [7, 11) is 1.23. The molecule has 3 unspecified atom stereocenters. The summed E-state index contributed by atoms with van der Waals surface area (Å²) in [6.07, 6.45) is 87.1. The first kappa shape index (κ1) is 74.9. The van der Waals surface area contributed by atoms with E-state index in [2.05, 4.69) is 129 Å². The number of aliphatic hydroxyl groups excluding tert-OH is 1. The molecule has 1 amide bonds. The van der Waals surface area contributed by atoms with E-state index in [1.54, 1.807) is 6.08 Å².